The number of allylic oxidation sites excluding steroid dienone is 1. The third kappa shape index (κ3) is 2.70. The molecule has 0 atom stereocenters. The predicted molar refractivity (Wildman–Crippen MR) is 78.8 cm³/mol. The van der Waals surface area contributed by atoms with Gasteiger partial charge in [0.1, 0.15) is 11.6 Å². The molecular formula is C17H15NO2. The van der Waals surface area contributed by atoms with Gasteiger partial charge in [-0.1, -0.05) is 36.4 Å². The lowest BCUT2D eigenvalue weighted by Crippen LogP contribution is -2.08. The highest BCUT2D eigenvalue weighted by atomic mass is 16.5. The van der Waals surface area contributed by atoms with Crippen LogP contribution < -0.4 is 0 Å². The minimum atomic E-state index is -0.569. The minimum absolute atomic E-state index is 0.0575. The van der Waals surface area contributed by atoms with Crippen molar-refractivity contribution in [3.8, 4) is 6.07 Å². The van der Waals surface area contributed by atoms with E-state index in [1.807, 2.05) is 48.5 Å². The highest BCUT2D eigenvalue weighted by Crippen LogP contribution is 2.23. The minimum Gasteiger partial charge on any atom is -0.462 e. The molecule has 0 saturated heterocycles. The van der Waals surface area contributed by atoms with Gasteiger partial charge in [-0.05, 0) is 41.8 Å². The van der Waals surface area contributed by atoms with E-state index in [-0.39, 0.29) is 12.2 Å². The van der Waals surface area contributed by atoms with Gasteiger partial charge in [0.15, 0.2) is 0 Å². The molecule has 2 aromatic rings. The number of esters is 1. The topological polar surface area (TPSA) is 50.1 Å². The van der Waals surface area contributed by atoms with E-state index in [0.29, 0.717) is 5.57 Å². The Hall–Kier alpha value is -2.60. The first-order valence-electron chi connectivity index (χ1n) is 6.44. The second-order valence-corrected chi connectivity index (χ2v) is 4.39. The molecule has 0 N–H and O–H groups in total. The van der Waals surface area contributed by atoms with E-state index in [1.165, 1.54) is 0 Å². The van der Waals surface area contributed by atoms with Crippen LogP contribution in [0.25, 0.3) is 16.3 Å². The Kier molecular flexibility index (Phi) is 4.17. The van der Waals surface area contributed by atoms with Crippen molar-refractivity contribution >= 4 is 22.3 Å². The van der Waals surface area contributed by atoms with Gasteiger partial charge in [0, 0.05) is 0 Å². The van der Waals surface area contributed by atoms with Gasteiger partial charge in [0.25, 0.3) is 0 Å². The Bertz CT molecular complexity index is 723. The van der Waals surface area contributed by atoms with Crippen molar-refractivity contribution < 1.29 is 9.53 Å². The highest BCUT2D eigenvalue weighted by molar-refractivity contribution is 6.02. The second kappa shape index (κ2) is 6.03. The van der Waals surface area contributed by atoms with Crippen LogP contribution in [0, 0.1) is 11.3 Å². The van der Waals surface area contributed by atoms with Crippen molar-refractivity contribution in [2.45, 2.75) is 13.8 Å². The molecule has 0 unspecified atom stereocenters. The molecule has 3 heteroatoms. The zero-order chi connectivity index (χ0) is 14.5. The van der Waals surface area contributed by atoms with Crippen molar-refractivity contribution in [3.63, 3.8) is 0 Å². The van der Waals surface area contributed by atoms with E-state index in [9.17, 15) is 4.79 Å². The van der Waals surface area contributed by atoms with E-state index < -0.39 is 5.97 Å². The Morgan fingerprint density at radius 3 is 2.55 bits per heavy atom. The van der Waals surface area contributed by atoms with Gasteiger partial charge in [0.2, 0.25) is 0 Å². The summed E-state index contributed by atoms with van der Waals surface area (Å²) in [6, 6.07) is 15.8. The summed E-state index contributed by atoms with van der Waals surface area (Å²) in [7, 11) is 0. The lowest BCUT2D eigenvalue weighted by atomic mass is 9.99. The van der Waals surface area contributed by atoms with Crippen molar-refractivity contribution in [1.82, 2.24) is 0 Å². The molecule has 3 nitrogen and oxygen atoms in total. The number of benzene rings is 2. The maximum absolute atomic E-state index is 11.8. The standard InChI is InChI=1S/C17H15NO2/c1-3-20-17(19)16(11-18)12(2)14-9-8-13-6-4-5-7-15(13)10-14/h4-10H,3H2,1-2H3/b16-12+. The van der Waals surface area contributed by atoms with E-state index in [0.717, 1.165) is 16.3 Å². The monoisotopic (exact) mass is 265 g/mol. The van der Waals surface area contributed by atoms with E-state index >= 15 is 0 Å². The molecule has 0 spiro atoms. The number of hydrogen-bond acceptors (Lipinski definition) is 3. The van der Waals surface area contributed by atoms with Crippen LogP contribution >= 0.6 is 0 Å². The molecule has 100 valence electrons. The number of nitrogens with zero attached hydrogens (tertiary/aromatic N) is 1. The Morgan fingerprint density at radius 2 is 1.90 bits per heavy atom. The third-order valence-corrected chi connectivity index (χ3v) is 3.15. The molecular weight excluding hydrogens is 250 g/mol. The first kappa shape index (κ1) is 13.8. The number of rotatable bonds is 3. The predicted octanol–water partition coefficient (Wildman–Crippen LogP) is 3.70. The Balaban J connectivity index is 2.51. The first-order valence-corrected chi connectivity index (χ1v) is 6.44. The lowest BCUT2D eigenvalue weighted by Gasteiger charge is -2.07. The van der Waals surface area contributed by atoms with Crippen LogP contribution in [0.4, 0.5) is 0 Å². The smallest absolute Gasteiger partial charge is 0.349 e. The number of carbonyl (C=O) groups is 1. The molecule has 2 aromatic carbocycles. The molecule has 0 saturated carbocycles. The first-order chi connectivity index (χ1) is 9.67. The van der Waals surface area contributed by atoms with Gasteiger partial charge >= 0.3 is 5.97 Å². The van der Waals surface area contributed by atoms with Gasteiger partial charge < -0.3 is 4.74 Å². The summed E-state index contributed by atoms with van der Waals surface area (Å²) in [5, 5.41) is 11.4. The van der Waals surface area contributed by atoms with Crippen molar-refractivity contribution in [2.75, 3.05) is 6.61 Å². The molecule has 0 aromatic heterocycles. The highest BCUT2D eigenvalue weighted by Gasteiger charge is 2.14. The van der Waals surface area contributed by atoms with Crippen LogP contribution in [-0.4, -0.2) is 12.6 Å². The fourth-order valence-corrected chi connectivity index (χ4v) is 2.05. The van der Waals surface area contributed by atoms with Gasteiger partial charge in [-0.15, -0.1) is 0 Å². The van der Waals surface area contributed by atoms with Crippen molar-refractivity contribution in [3.05, 3.63) is 53.6 Å². The number of ether oxygens (including phenoxy) is 1. The molecule has 0 fully saturated rings. The van der Waals surface area contributed by atoms with Gasteiger partial charge in [0.05, 0.1) is 6.61 Å². The number of carbonyl (C=O) groups excluding carboxylic acids is 1. The summed E-state index contributed by atoms with van der Waals surface area (Å²) in [4.78, 5) is 11.8. The van der Waals surface area contributed by atoms with Crippen molar-refractivity contribution in [1.29, 1.82) is 5.26 Å². The fraction of sp³-hybridized carbons (Fsp3) is 0.176. The average Bonchev–Trinajstić information content (AvgIpc) is 2.47. The van der Waals surface area contributed by atoms with Crippen LogP contribution in [0.5, 0.6) is 0 Å². The molecule has 0 amide bonds. The summed E-state index contributed by atoms with van der Waals surface area (Å²) in [5.41, 5.74) is 1.55. The molecule has 0 radical (unpaired) electrons. The van der Waals surface area contributed by atoms with Gasteiger partial charge in [-0.3, -0.25) is 0 Å². The second-order valence-electron chi connectivity index (χ2n) is 4.39. The molecule has 0 aliphatic rings. The quantitative estimate of drug-likeness (QED) is 0.483. The third-order valence-electron chi connectivity index (χ3n) is 3.15. The molecule has 0 heterocycles. The number of fused-ring (bicyclic) bond motifs is 1. The lowest BCUT2D eigenvalue weighted by molar-refractivity contribution is -0.137. The summed E-state index contributed by atoms with van der Waals surface area (Å²) >= 11 is 0. The van der Waals surface area contributed by atoms with E-state index in [1.54, 1.807) is 13.8 Å². The van der Waals surface area contributed by atoms with Crippen LogP contribution in [0.15, 0.2) is 48.0 Å². The summed E-state index contributed by atoms with van der Waals surface area (Å²) in [6.07, 6.45) is 0. The van der Waals surface area contributed by atoms with E-state index in [4.69, 9.17) is 10.00 Å². The summed E-state index contributed by atoms with van der Waals surface area (Å²) < 4.78 is 4.91. The van der Waals surface area contributed by atoms with Gasteiger partial charge in [-0.25, -0.2) is 4.79 Å². The molecule has 20 heavy (non-hydrogen) atoms. The molecule has 0 bridgehead atoms. The maximum atomic E-state index is 11.8. The number of nitriles is 1. The zero-order valence-corrected chi connectivity index (χ0v) is 11.5. The van der Waals surface area contributed by atoms with E-state index in [2.05, 4.69) is 0 Å². The number of hydrogen-bond donors (Lipinski definition) is 0. The maximum Gasteiger partial charge on any atom is 0.349 e. The average molecular weight is 265 g/mol. The largest absolute Gasteiger partial charge is 0.462 e. The summed E-state index contributed by atoms with van der Waals surface area (Å²) in [6.45, 7) is 3.74. The Morgan fingerprint density at radius 1 is 1.20 bits per heavy atom. The summed E-state index contributed by atoms with van der Waals surface area (Å²) in [5.74, 6) is -0.569. The van der Waals surface area contributed by atoms with Crippen molar-refractivity contribution in [2.24, 2.45) is 0 Å². The fourth-order valence-electron chi connectivity index (χ4n) is 2.05. The molecule has 2 rings (SSSR count). The molecule has 0 aliphatic carbocycles. The zero-order valence-electron chi connectivity index (χ0n) is 11.5. The van der Waals surface area contributed by atoms with Crippen LogP contribution in [0.3, 0.4) is 0 Å². The van der Waals surface area contributed by atoms with Crippen LogP contribution in [0.2, 0.25) is 0 Å². The van der Waals surface area contributed by atoms with Crippen LogP contribution in [-0.2, 0) is 9.53 Å². The Labute approximate surface area is 118 Å². The van der Waals surface area contributed by atoms with Crippen LogP contribution in [0.1, 0.15) is 19.4 Å². The van der Waals surface area contributed by atoms with Gasteiger partial charge in [-0.2, -0.15) is 5.26 Å². The SMILES string of the molecule is CCOC(=O)/C(C#N)=C(\C)c1ccc2ccccc2c1. The normalized spacial score (nSPS) is 11.7. The molecule has 0 aliphatic heterocycles.